The van der Waals surface area contributed by atoms with Gasteiger partial charge in [-0.15, -0.1) is 0 Å². The van der Waals surface area contributed by atoms with Crippen LogP contribution in [0.15, 0.2) is 59.7 Å². The number of rotatable bonds is 3. The highest BCUT2D eigenvalue weighted by atomic mass is 19.1. The van der Waals surface area contributed by atoms with Crippen molar-refractivity contribution in [2.24, 2.45) is 16.1 Å². The summed E-state index contributed by atoms with van der Waals surface area (Å²) < 4.78 is 25.1. The van der Waals surface area contributed by atoms with E-state index < -0.39 is 11.5 Å². The van der Waals surface area contributed by atoms with Crippen LogP contribution in [-0.4, -0.2) is 23.4 Å². The van der Waals surface area contributed by atoms with Crippen LogP contribution in [-0.2, 0) is 10.3 Å². The molecule has 2 aliphatic heterocycles. The molecule has 2 aliphatic rings. The molecular weight excluding hydrogens is 421 g/mol. The maximum Gasteiger partial charge on any atom is 0.283 e. The summed E-state index contributed by atoms with van der Waals surface area (Å²) in [4.78, 5) is 21.4. The van der Waals surface area contributed by atoms with Gasteiger partial charge < -0.3 is 15.2 Å². The Labute approximate surface area is 191 Å². The van der Waals surface area contributed by atoms with E-state index in [4.69, 9.17) is 20.2 Å². The molecule has 2 N–H and O–H groups in total. The van der Waals surface area contributed by atoms with Crippen molar-refractivity contribution >= 4 is 11.8 Å². The van der Waals surface area contributed by atoms with E-state index in [1.165, 1.54) is 12.3 Å². The number of ketones is 1. The molecule has 1 aromatic heterocycles. The standard InChI is InChI=1S/C26H24FN3O3/c1-25(2,3)12-20(31)16-5-8-22-19(11-16)26(14-32-24(28)30-26)18-10-15(4-7-21(18)33-22)17-6-9-23(27)29-13-17/h4-11,13H,12,14H2,1-3H3,(H2,28,30)/t26-/m1/s1. The van der Waals surface area contributed by atoms with Crippen LogP contribution in [0.2, 0.25) is 0 Å². The molecule has 3 aromatic rings. The van der Waals surface area contributed by atoms with Gasteiger partial charge in [0.1, 0.15) is 18.1 Å². The smallest absolute Gasteiger partial charge is 0.283 e. The molecule has 0 saturated heterocycles. The van der Waals surface area contributed by atoms with Gasteiger partial charge in [-0.1, -0.05) is 26.8 Å². The van der Waals surface area contributed by atoms with E-state index in [0.29, 0.717) is 23.5 Å². The predicted molar refractivity (Wildman–Crippen MR) is 123 cm³/mol. The summed E-state index contributed by atoms with van der Waals surface area (Å²) in [6.07, 6.45) is 1.90. The number of nitrogens with two attached hydrogens (primary N) is 1. The quantitative estimate of drug-likeness (QED) is 0.442. The Kier molecular flexibility index (Phi) is 4.74. The molecule has 0 amide bonds. The first kappa shape index (κ1) is 21.1. The minimum absolute atomic E-state index is 0.0493. The number of halogens is 1. The number of Topliss-reactive ketones (excluding diaryl/α,β-unsaturated/α-hetero) is 1. The molecular formula is C26H24FN3O3. The first-order valence-electron chi connectivity index (χ1n) is 10.7. The minimum atomic E-state index is -0.950. The molecule has 0 radical (unpaired) electrons. The molecule has 1 atom stereocenters. The van der Waals surface area contributed by atoms with E-state index in [2.05, 4.69) is 4.98 Å². The lowest BCUT2D eigenvalue weighted by molar-refractivity contribution is 0.0939. The highest BCUT2D eigenvalue weighted by molar-refractivity contribution is 5.97. The summed E-state index contributed by atoms with van der Waals surface area (Å²) in [5.41, 5.74) is 8.55. The van der Waals surface area contributed by atoms with Crippen molar-refractivity contribution in [1.82, 2.24) is 4.98 Å². The number of aliphatic imine (C=N–C) groups is 1. The van der Waals surface area contributed by atoms with Gasteiger partial charge in [-0.3, -0.25) is 4.79 Å². The van der Waals surface area contributed by atoms with Crippen LogP contribution >= 0.6 is 0 Å². The largest absolute Gasteiger partial charge is 0.462 e. The molecule has 0 bridgehead atoms. The molecule has 33 heavy (non-hydrogen) atoms. The maximum absolute atomic E-state index is 13.3. The Hall–Kier alpha value is -3.74. The molecule has 0 aliphatic carbocycles. The molecule has 2 aromatic carbocycles. The van der Waals surface area contributed by atoms with Crippen molar-refractivity contribution in [3.8, 4) is 22.6 Å². The number of fused-ring (bicyclic) bond motifs is 4. The van der Waals surface area contributed by atoms with Crippen molar-refractivity contribution in [2.75, 3.05) is 6.61 Å². The summed E-state index contributed by atoms with van der Waals surface area (Å²) in [5, 5.41) is 0. The second kappa shape index (κ2) is 7.40. The Balaban J connectivity index is 1.65. The van der Waals surface area contributed by atoms with Crippen LogP contribution in [0.1, 0.15) is 48.7 Å². The van der Waals surface area contributed by atoms with Gasteiger partial charge in [0.05, 0.1) is 0 Å². The first-order valence-corrected chi connectivity index (χ1v) is 10.7. The molecule has 0 fully saturated rings. The summed E-state index contributed by atoms with van der Waals surface area (Å²) in [6, 6.07) is 14.2. The Bertz CT molecular complexity index is 1300. The van der Waals surface area contributed by atoms with Gasteiger partial charge in [-0.05, 0) is 53.4 Å². The molecule has 7 heteroatoms. The van der Waals surface area contributed by atoms with Crippen LogP contribution in [0.3, 0.4) is 0 Å². The highest BCUT2D eigenvalue weighted by Crippen LogP contribution is 2.52. The van der Waals surface area contributed by atoms with Gasteiger partial charge in [0.2, 0.25) is 5.95 Å². The summed E-state index contributed by atoms with van der Waals surface area (Å²) >= 11 is 0. The van der Waals surface area contributed by atoms with Crippen LogP contribution < -0.4 is 10.5 Å². The number of amidine groups is 1. The zero-order chi connectivity index (χ0) is 23.4. The van der Waals surface area contributed by atoms with Crippen LogP contribution in [0.25, 0.3) is 11.1 Å². The third-order valence-corrected chi connectivity index (χ3v) is 5.87. The zero-order valence-electron chi connectivity index (χ0n) is 18.7. The fourth-order valence-electron chi connectivity index (χ4n) is 4.34. The molecule has 3 heterocycles. The number of hydrogen-bond acceptors (Lipinski definition) is 6. The number of ether oxygens (including phenoxy) is 2. The fourth-order valence-corrected chi connectivity index (χ4v) is 4.34. The molecule has 0 saturated carbocycles. The SMILES string of the molecule is CC(C)(C)CC(=O)c1ccc2c(c1)[C@@]1(COC(N)=N1)c1cc(-c3ccc(F)nc3)ccc1O2. The van der Waals surface area contributed by atoms with E-state index in [9.17, 15) is 9.18 Å². The third kappa shape index (κ3) is 3.73. The van der Waals surface area contributed by atoms with E-state index >= 15 is 0 Å². The second-order valence-corrected chi connectivity index (χ2v) is 9.65. The zero-order valence-corrected chi connectivity index (χ0v) is 18.7. The lowest BCUT2D eigenvalue weighted by Crippen LogP contribution is -2.31. The van der Waals surface area contributed by atoms with Gasteiger partial charge in [-0.25, -0.2) is 9.98 Å². The number of benzene rings is 2. The molecule has 5 rings (SSSR count). The third-order valence-electron chi connectivity index (χ3n) is 5.87. The molecule has 1 spiro atoms. The summed E-state index contributed by atoms with van der Waals surface area (Å²) in [7, 11) is 0. The lowest BCUT2D eigenvalue weighted by atomic mass is 9.79. The Morgan fingerprint density at radius 1 is 1.06 bits per heavy atom. The van der Waals surface area contributed by atoms with Crippen molar-refractivity contribution < 1.29 is 18.7 Å². The first-order chi connectivity index (χ1) is 15.6. The summed E-state index contributed by atoms with van der Waals surface area (Å²) in [6.45, 7) is 6.29. The number of pyridine rings is 1. The fraction of sp³-hybridized carbons (Fsp3) is 0.269. The molecule has 168 valence electrons. The van der Waals surface area contributed by atoms with E-state index in [0.717, 1.165) is 22.3 Å². The lowest BCUT2D eigenvalue weighted by Gasteiger charge is -2.34. The van der Waals surface area contributed by atoms with Gasteiger partial charge in [0, 0.05) is 34.9 Å². The topological polar surface area (TPSA) is 86.8 Å². The van der Waals surface area contributed by atoms with Crippen molar-refractivity contribution in [3.05, 3.63) is 77.4 Å². The van der Waals surface area contributed by atoms with Crippen LogP contribution in [0.5, 0.6) is 11.5 Å². The van der Waals surface area contributed by atoms with Crippen molar-refractivity contribution in [2.45, 2.75) is 32.7 Å². The van der Waals surface area contributed by atoms with Gasteiger partial charge in [-0.2, -0.15) is 4.39 Å². The number of aromatic nitrogens is 1. The number of carbonyl (C=O) groups excluding carboxylic acids is 1. The maximum atomic E-state index is 13.3. The van der Waals surface area contributed by atoms with E-state index in [-0.39, 0.29) is 23.8 Å². The van der Waals surface area contributed by atoms with Crippen molar-refractivity contribution in [3.63, 3.8) is 0 Å². The van der Waals surface area contributed by atoms with Crippen molar-refractivity contribution in [1.29, 1.82) is 0 Å². The number of nitrogens with zero attached hydrogens (tertiary/aromatic N) is 2. The van der Waals surface area contributed by atoms with E-state index in [1.54, 1.807) is 18.2 Å². The number of hydrogen-bond donors (Lipinski definition) is 1. The monoisotopic (exact) mass is 445 g/mol. The average Bonchev–Trinajstić information content (AvgIpc) is 3.15. The molecule has 6 nitrogen and oxygen atoms in total. The highest BCUT2D eigenvalue weighted by Gasteiger charge is 2.47. The average molecular weight is 445 g/mol. The second-order valence-electron chi connectivity index (χ2n) is 9.65. The van der Waals surface area contributed by atoms with Gasteiger partial charge >= 0.3 is 0 Å². The van der Waals surface area contributed by atoms with Gasteiger partial charge in [0.25, 0.3) is 6.02 Å². The molecule has 0 unspecified atom stereocenters. The minimum Gasteiger partial charge on any atom is -0.462 e. The summed E-state index contributed by atoms with van der Waals surface area (Å²) in [5.74, 6) is 0.734. The van der Waals surface area contributed by atoms with Gasteiger partial charge in [0.15, 0.2) is 11.3 Å². The predicted octanol–water partition coefficient (Wildman–Crippen LogP) is 5.20. The van der Waals surface area contributed by atoms with E-state index in [1.807, 2.05) is 45.0 Å². The normalized spacial score (nSPS) is 18.7. The number of carbonyl (C=O) groups is 1. The van der Waals surface area contributed by atoms with Crippen LogP contribution in [0, 0.1) is 11.4 Å². The van der Waals surface area contributed by atoms with Crippen LogP contribution in [0.4, 0.5) is 4.39 Å². The Morgan fingerprint density at radius 3 is 2.39 bits per heavy atom. The Morgan fingerprint density at radius 2 is 1.76 bits per heavy atom.